The first-order valence-electron chi connectivity index (χ1n) is 3.02. The molecule has 0 aliphatic heterocycles. The zero-order valence-corrected chi connectivity index (χ0v) is 8.53. The Hall–Kier alpha value is -0.300. The summed E-state index contributed by atoms with van der Waals surface area (Å²) in [5.41, 5.74) is 0. The number of urea groups is 1. The van der Waals surface area contributed by atoms with Crippen LogP contribution in [0.5, 0.6) is 0 Å². The Balaban J connectivity index is 0. The van der Waals surface area contributed by atoms with Crippen molar-refractivity contribution in [3.63, 3.8) is 0 Å². The molecule has 0 fully saturated rings. The van der Waals surface area contributed by atoms with Crippen molar-refractivity contribution in [1.29, 1.82) is 0 Å². The molecule has 0 N–H and O–H groups in total. The van der Waals surface area contributed by atoms with E-state index in [0.717, 1.165) is 0 Å². The van der Waals surface area contributed by atoms with E-state index in [-0.39, 0.29) is 6.03 Å². The fourth-order valence-corrected chi connectivity index (χ4v) is 0.400. The highest BCUT2D eigenvalue weighted by Gasteiger charge is 2.02. The van der Waals surface area contributed by atoms with Crippen molar-refractivity contribution in [2.24, 2.45) is 0 Å². The van der Waals surface area contributed by atoms with Gasteiger partial charge in [0.25, 0.3) is 0 Å². The summed E-state index contributed by atoms with van der Waals surface area (Å²) in [6, 6.07) is 0.0185. The molecule has 0 heterocycles. The Morgan fingerprint density at radius 3 is 1.20 bits per heavy atom. The van der Waals surface area contributed by atoms with Crippen molar-refractivity contribution in [2.75, 3.05) is 34.9 Å². The summed E-state index contributed by atoms with van der Waals surface area (Å²) in [6.45, 7) is 1.92. The van der Waals surface area contributed by atoms with Crippen LogP contribution in [-0.4, -0.2) is 50.7 Å². The second-order valence-corrected chi connectivity index (χ2v) is 2.07. The van der Waals surface area contributed by atoms with Gasteiger partial charge in [-0.05, 0) is 0 Å². The van der Waals surface area contributed by atoms with Crippen LogP contribution < -0.4 is 0 Å². The van der Waals surface area contributed by atoms with Crippen LogP contribution in [0.2, 0.25) is 0 Å². The highest BCUT2D eigenvalue weighted by atomic mass is 31.0. The number of amides is 2. The summed E-state index contributed by atoms with van der Waals surface area (Å²) in [5.74, 6) is 0. The highest BCUT2D eigenvalue weighted by molar-refractivity contribution is 7.15. The standard InChI is InChI=1S/C5H12N2O.CH5P/c1-6(2)5(8)7(3)4;1-2/h1-4H3;2H2,1H3. The third kappa shape index (κ3) is 5.83. The van der Waals surface area contributed by atoms with Crippen molar-refractivity contribution < 1.29 is 4.79 Å². The van der Waals surface area contributed by atoms with Crippen LogP contribution in [0.25, 0.3) is 0 Å². The van der Waals surface area contributed by atoms with E-state index < -0.39 is 0 Å². The first-order valence-corrected chi connectivity index (χ1v) is 4.17. The molecule has 0 aromatic carbocycles. The molecule has 0 aromatic heterocycles. The molecular weight excluding hydrogens is 147 g/mol. The molecule has 10 heavy (non-hydrogen) atoms. The monoisotopic (exact) mass is 164 g/mol. The molecule has 1 atom stereocenters. The lowest BCUT2D eigenvalue weighted by Gasteiger charge is -2.16. The quantitative estimate of drug-likeness (QED) is 0.484. The van der Waals surface area contributed by atoms with Gasteiger partial charge in [0, 0.05) is 28.2 Å². The number of hydrogen-bond donors (Lipinski definition) is 0. The van der Waals surface area contributed by atoms with Crippen molar-refractivity contribution in [3.8, 4) is 0 Å². The number of carbonyl (C=O) groups excluding carboxylic acids is 1. The fourth-order valence-electron chi connectivity index (χ4n) is 0.400. The Morgan fingerprint density at radius 2 is 1.20 bits per heavy atom. The molecule has 0 aliphatic rings. The van der Waals surface area contributed by atoms with Gasteiger partial charge in [0.1, 0.15) is 0 Å². The lowest BCUT2D eigenvalue weighted by atomic mass is 10.7. The molecule has 0 aliphatic carbocycles. The van der Waals surface area contributed by atoms with Crippen molar-refractivity contribution in [1.82, 2.24) is 9.80 Å². The maximum atomic E-state index is 10.7. The van der Waals surface area contributed by atoms with E-state index in [1.165, 1.54) is 9.80 Å². The summed E-state index contributed by atoms with van der Waals surface area (Å²) in [6.07, 6.45) is 0. The first kappa shape index (κ1) is 12.4. The molecule has 0 radical (unpaired) electrons. The normalized spacial score (nSPS) is 7.40. The van der Waals surface area contributed by atoms with E-state index in [0.29, 0.717) is 0 Å². The van der Waals surface area contributed by atoms with Gasteiger partial charge >= 0.3 is 6.03 Å². The second-order valence-electron chi connectivity index (χ2n) is 2.07. The number of rotatable bonds is 0. The van der Waals surface area contributed by atoms with E-state index in [1.807, 2.05) is 6.66 Å². The zero-order valence-electron chi connectivity index (χ0n) is 7.38. The molecule has 1 unspecified atom stereocenters. The molecule has 0 saturated carbocycles. The highest BCUT2D eigenvalue weighted by Crippen LogP contribution is 1.83. The Morgan fingerprint density at radius 1 is 1.00 bits per heavy atom. The summed E-state index contributed by atoms with van der Waals surface area (Å²) < 4.78 is 0. The van der Waals surface area contributed by atoms with Crippen LogP contribution in [0.1, 0.15) is 0 Å². The molecule has 0 aromatic rings. The van der Waals surface area contributed by atoms with Crippen LogP contribution in [0.3, 0.4) is 0 Å². The summed E-state index contributed by atoms with van der Waals surface area (Å²) in [4.78, 5) is 13.8. The minimum atomic E-state index is 0.0185. The minimum absolute atomic E-state index is 0.0185. The predicted octanol–water partition coefficient (Wildman–Crippen LogP) is 0.721. The maximum absolute atomic E-state index is 10.7. The average molecular weight is 164 g/mol. The zero-order chi connectivity index (χ0) is 8.73. The summed E-state index contributed by atoms with van der Waals surface area (Å²) >= 11 is 0. The molecule has 3 nitrogen and oxygen atoms in total. The SMILES string of the molecule is CN(C)C(=O)N(C)C.CP. The van der Waals surface area contributed by atoms with Gasteiger partial charge in [-0.2, -0.15) is 0 Å². The van der Waals surface area contributed by atoms with Crippen LogP contribution in [0.15, 0.2) is 0 Å². The van der Waals surface area contributed by atoms with Gasteiger partial charge in [0.2, 0.25) is 0 Å². The Bertz CT molecular complexity index is 83.7. The van der Waals surface area contributed by atoms with Gasteiger partial charge in [-0.25, -0.2) is 4.79 Å². The van der Waals surface area contributed by atoms with Gasteiger partial charge in [0.05, 0.1) is 0 Å². The number of carbonyl (C=O) groups is 1. The van der Waals surface area contributed by atoms with Gasteiger partial charge < -0.3 is 9.80 Å². The van der Waals surface area contributed by atoms with Gasteiger partial charge in [-0.3, -0.25) is 0 Å². The van der Waals surface area contributed by atoms with Gasteiger partial charge in [-0.1, -0.05) is 6.66 Å². The molecule has 0 saturated heterocycles. The lowest BCUT2D eigenvalue weighted by Crippen LogP contribution is -2.33. The van der Waals surface area contributed by atoms with E-state index in [9.17, 15) is 4.79 Å². The fraction of sp³-hybridized carbons (Fsp3) is 0.833. The molecule has 0 rings (SSSR count). The van der Waals surface area contributed by atoms with Crippen molar-refractivity contribution in [3.05, 3.63) is 0 Å². The largest absolute Gasteiger partial charge is 0.331 e. The summed E-state index contributed by atoms with van der Waals surface area (Å²) in [7, 11) is 9.31. The smallest absolute Gasteiger partial charge is 0.318 e. The van der Waals surface area contributed by atoms with E-state index in [2.05, 4.69) is 9.24 Å². The number of hydrogen-bond acceptors (Lipinski definition) is 1. The van der Waals surface area contributed by atoms with Gasteiger partial charge in [0.15, 0.2) is 0 Å². The molecule has 0 spiro atoms. The summed E-state index contributed by atoms with van der Waals surface area (Å²) in [5, 5.41) is 0. The van der Waals surface area contributed by atoms with Gasteiger partial charge in [-0.15, -0.1) is 9.24 Å². The predicted molar refractivity (Wildman–Crippen MR) is 48.4 cm³/mol. The second kappa shape index (κ2) is 6.81. The van der Waals surface area contributed by atoms with E-state index in [4.69, 9.17) is 0 Å². The lowest BCUT2D eigenvalue weighted by molar-refractivity contribution is 0.191. The van der Waals surface area contributed by atoms with Crippen LogP contribution in [-0.2, 0) is 0 Å². The molecule has 62 valence electrons. The molecule has 2 amide bonds. The maximum Gasteiger partial charge on any atom is 0.318 e. The van der Waals surface area contributed by atoms with Crippen LogP contribution in [0, 0.1) is 0 Å². The molecule has 4 heteroatoms. The first-order chi connectivity index (χ1) is 4.55. The third-order valence-electron chi connectivity index (χ3n) is 0.765. The third-order valence-corrected chi connectivity index (χ3v) is 0.765. The van der Waals surface area contributed by atoms with E-state index in [1.54, 1.807) is 28.2 Å². The topological polar surface area (TPSA) is 23.6 Å². The van der Waals surface area contributed by atoms with Crippen molar-refractivity contribution in [2.45, 2.75) is 0 Å². The molecular formula is C6H17N2OP. The van der Waals surface area contributed by atoms with E-state index >= 15 is 0 Å². The minimum Gasteiger partial charge on any atom is -0.331 e. The average Bonchev–Trinajstić information content (AvgIpc) is 1.90. The van der Waals surface area contributed by atoms with Crippen LogP contribution >= 0.6 is 9.24 Å². The van der Waals surface area contributed by atoms with Crippen molar-refractivity contribution >= 4 is 15.3 Å². The van der Waals surface area contributed by atoms with Crippen LogP contribution in [0.4, 0.5) is 4.79 Å². The molecule has 0 bridgehead atoms. The number of nitrogens with zero attached hydrogens (tertiary/aromatic N) is 2. The Labute approximate surface area is 65.6 Å². The Kier molecular flexibility index (Phi) is 8.44.